The first-order valence-corrected chi connectivity index (χ1v) is 8.17. The van der Waals surface area contributed by atoms with Crippen molar-refractivity contribution in [1.82, 2.24) is 10.6 Å². The Morgan fingerprint density at radius 1 is 1.29 bits per heavy atom. The van der Waals surface area contributed by atoms with E-state index >= 15 is 0 Å². The van der Waals surface area contributed by atoms with Gasteiger partial charge in [0, 0.05) is 24.2 Å². The Kier molecular flexibility index (Phi) is 4.99. The minimum atomic E-state index is 0.341. The van der Waals surface area contributed by atoms with E-state index in [0.29, 0.717) is 18.9 Å². The van der Waals surface area contributed by atoms with Crippen molar-refractivity contribution in [1.29, 1.82) is 0 Å². The van der Waals surface area contributed by atoms with Gasteiger partial charge in [0.25, 0.3) is 0 Å². The van der Waals surface area contributed by atoms with Gasteiger partial charge in [-0.1, -0.05) is 25.0 Å². The molecule has 2 atom stereocenters. The van der Waals surface area contributed by atoms with Gasteiger partial charge >= 0.3 is 0 Å². The molecule has 0 bridgehead atoms. The fourth-order valence-electron chi connectivity index (χ4n) is 3.23. The second-order valence-corrected chi connectivity index (χ2v) is 6.17. The fourth-order valence-corrected chi connectivity index (χ4v) is 3.23. The van der Waals surface area contributed by atoms with Crippen LogP contribution in [0.5, 0.6) is 11.5 Å². The second-order valence-electron chi connectivity index (χ2n) is 6.17. The molecule has 4 heteroatoms. The van der Waals surface area contributed by atoms with E-state index in [1.165, 1.54) is 44.2 Å². The Hall–Kier alpha value is -1.26. The third-order valence-electron chi connectivity index (χ3n) is 4.42. The predicted octanol–water partition coefficient (Wildman–Crippen LogP) is 2.82. The lowest BCUT2D eigenvalue weighted by Gasteiger charge is -2.21. The van der Waals surface area contributed by atoms with Crippen LogP contribution >= 0.6 is 0 Å². The van der Waals surface area contributed by atoms with E-state index in [1.807, 2.05) is 12.1 Å². The zero-order chi connectivity index (χ0) is 14.5. The topological polar surface area (TPSA) is 42.5 Å². The van der Waals surface area contributed by atoms with Gasteiger partial charge in [0.1, 0.15) is 0 Å². The molecular formula is C17H26N2O2. The molecule has 2 heterocycles. The molecule has 0 spiro atoms. The molecule has 0 amide bonds. The van der Waals surface area contributed by atoms with E-state index in [1.54, 1.807) is 0 Å². The Morgan fingerprint density at radius 3 is 3.19 bits per heavy atom. The van der Waals surface area contributed by atoms with Crippen LogP contribution in [0.4, 0.5) is 0 Å². The Labute approximate surface area is 127 Å². The van der Waals surface area contributed by atoms with Gasteiger partial charge in [0.05, 0.1) is 0 Å². The van der Waals surface area contributed by atoms with Crippen molar-refractivity contribution in [2.75, 3.05) is 13.3 Å². The number of ether oxygens (including phenoxy) is 2. The average Bonchev–Trinajstić information content (AvgIpc) is 2.83. The molecule has 1 aromatic carbocycles. The molecule has 1 saturated heterocycles. The maximum atomic E-state index is 5.55. The highest BCUT2D eigenvalue weighted by molar-refractivity contribution is 5.48. The fraction of sp³-hybridized carbons (Fsp3) is 0.647. The van der Waals surface area contributed by atoms with Crippen LogP contribution in [0.3, 0.4) is 0 Å². The minimum Gasteiger partial charge on any atom is -0.454 e. The summed E-state index contributed by atoms with van der Waals surface area (Å²) >= 11 is 0. The minimum absolute atomic E-state index is 0.341. The Balaban J connectivity index is 1.49. The van der Waals surface area contributed by atoms with Crippen molar-refractivity contribution in [3.63, 3.8) is 0 Å². The molecule has 4 nitrogen and oxygen atoms in total. The van der Waals surface area contributed by atoms with Gasteiger partial charge in [-0.25, -0.2) is 0 Å². The molecule has 0 aromatic heterocycles. The highest BCUT2D eigenvalue weighted by Gasteiger charge is 2.18. The van der Waals surface area contributed by atoms with E-state index in [9.17, 15) is 0 Å². The molecule has 2 aliphatic rings. The number of rotatable bonds is 5. The molecule has 1 aromatic rings. The van der Waals surface area contributed by atoms with E-state index in [0.717, 1.165) is 18.0 Å². The molecule has 3 rings (SSSR count). The molecule has 2 unspecified atom stereocenters. The van der Waals surface area contributed by atoms with Crippen LogP contribution < -0.4 is 20.1 Å². The van der Waals surface area contributed by atoms with Gasteiger partial charge in [-0.05, 0) is 38.8 Å². The summed E-state index contributed by atoms with van der Waals surface area (Å²) < 4.78 is 11.0. The third kappa shape index (κ3) is 3.89. The van der Waals surface area contributed by atoms with E-state index in [2.05, 4.69) is 23.6 Å². The van der Waals surface area contributed by atoms with Crippen molar-refractivity contribution >= 4 is 0 Å². The van der Waals surface area contributed by atoms with Crippen molar-refractivity contribution in [3.05, 3.63) is 23.8 Å². The highest BCUT2D eigenvalue weighted by Crippen LogP contribution is 2.35. The number of hydrogen-bond acceptors (Lipinski definition) is 4. The highest BCUT2D eigenvalue weighted by atomic mass is 16.7. The molecule has 0 saturated carbocycles. The zero-order valence-electron chi connectivity index (χ0n) is 12.9. The van der Waals surface area contributed by atoms with Crippen LogP contribution in [0.15, 0.2) is 18.2 Å². The smallest absolute Gasteiger partial charge is 0.231 e. The van der Waals surface area contributed by atoms with Crippen molar-refractivity contribution in [2.45, 2.75) is 57.7 Å². The van der Waals surface area contributed by atoms with E-state index < -0.39 is 0 Å². The van der Waals surface area contributed by atoms with Crippen molar-refractivity contribution < 1.29 is 9.47 Å². The first kappa shape index (κ1) is 14.7. The van der Waals surface area contributed by atoms with Crippen molar-refractivity contribution in [2.24, 2.45) is 0 Å². The molecule has 0 aliphatic carbocycles. The standard InChI is InChI=1S/C17H26N2O2/c1-13(10-15-7-3-2-4-9-18-15)19-11-14-6-5-8-16-17(14)21-12-20-16/h5-6,8,13,15,18-19H,2-4,7,9-12H2,1H3. The van der Waals surface area contributed by atoms with Crippen LogP contribution in [0.1, 0.15) is 44.6 Å². The van der Waals surface area contributed by atoms with Crippen LogP contribution in [0.25, 0.3) is 0 Å². The number of hydrogen-bond donors (Lipinski definition) is 2. The summed E-state index contributed by atoms with van der Waals surface area (Å²) in [5, 5.41) is 7.29. The zero-order valence-corrected chi connectivity index (χ0v) is 12.9. The Morgan fingerprint density at radius 2 is 2.24 bits per heavy atom. The van der Waals surface area contributed by atoms with Gasteiger partial charge in [-0.3, -0.25) is 0 Å². The van der Waals surface area contributed by atoms with Gasteiger partial charge in [0.15, 0.2) is 11.5 Å². The average molecular weight is 290 g/mol. The van der Waals surface area contributed by atoms with Crippen molar-refractivity contribution in [3.8, 4) is 11.5 Å². The summed E-state index contributed by atoms with van der Waals surface area (Å²) in [6.07, 6.45) is 6.56. The Bertz CT molecular complexity index is 456. The van der Waals surface area contributed by atoms with Crippen LogP contribution in [0, 0.1) is 0 Å². The van der Waals surface area contributed by atoms with Gasteiger partial charge in [-0.15, -0.1) is 0 Å². The number of benzene rings is 1. The maximum Gasteiger partial charge on any atom is 0.231 e. The van der Waals surface area contributed by atoms with Crippen LogP contribution in [0.2, 0.25) is 0 Å². The molecular weight excluding hydrogens is 264 g/mol. The third-order valence-corrected chi connectivity index (χ3v) is 4.42. The predicted molar refractivity (Wildman–Crippen MR) is 83.7 cm³/mol. The number of nitrogens with one attached hydrogen (secondary N) is 2. The maximum absolute atomic E-state index is 5.55. The van der Waals surface area contributed by atoms with Gasteiger partial charge in [0.2, 0.25) is 6.79 Å². The lowest BCUT2D eigenvalue weighted by molar-refractivity contribution is 0.173. The molecule has 2 N–H and O–H groups in total. The molecule has 21 heavy (non-hydrogen) atoms. The number of para-hydroxylation sites is 1. The summed E-state index contributed by atoms with van der Waals surface area (Å²) in [4.78, 5) is 0. The first-order chi connectivity index (χ1) is 10.3. The van der Waals surface area contributed by atoms with Crippen LogP contribution in [-0.2, 0) is 6.54 Å². The lowest BCUT2D eigenvalue weighted by atomic mass is 10.0. The largest absolute Gasteiger partial charge is 0.454 e. The first-order valence-electron chi connectivity index (χ1n) is 8.17. The summed E-state index contributed by atoms with van der Waals surface area (Å²) in [5.74, 6) is 1.78. The lowest BCUT2D eigenvalue weighted by Crippen LogP contribution is -2.36. The summed E-state index contributed by atoms with van der Waals surface area (Å²) in [6.45, 7) is 4.62. The SMILES string of the molecule is CC(CC1CCCCCN1)NCc1cccc2c1OCO2. The monoisotopic (exact) mass is 290 g/mol. The quantitative estimate of drug-likeness (QED) is 0.875. The van der Waals surface area contributed by atoms with E-state index in [-0.39, 0.29) is 0 Å². The molecule has 1 fully saturated rings. The van der Waals surface area contributed by atoms with E-state index in [4.69, 9.17) is 9.47 Å². The summed E-state index contributed by atoms with van der Waals surface area (Å²) in [5.41, 5.74) is 1.19. The summed E-state index contributed by atoms with van der Waals surface area (Å²) in [7, 11) is 0. The van der Waals surface area contributed by atoms with Gasteiger partial charge < -0.3 is 20.1 Å². The molecule has 0 radical (unpaired) electrons. The second kappa shape index (κ2) is 7.14. The van der Waals surface area contributed by atoms with Crippen LogP contribution in [-0.4, -0.2) is 25.4 Å². The van der Waals surface area contributed by atoms with Gasteiger partial charge in [-0.2, -0.15) is 0 Å². The summed E-state index contributed by atoms with van der Waals surface area (Å²) in [6, 6.07) is 7.26. The normalized spacial score (nSPS) is 22.8. The molecule has 116 valence electrons. The number of fused-ring (bicyclic) bond motifs is 1. The molecule has 2 aliphatic heterocycles.